The Kier molecular flexibility index (Phi) is 6.05. The summed E-state index contributed by atoms with van der Waals surface area (Å²) in [6, 6.07) is 6.65. The van der Waals surface area contributed by atoms with Gasteiger partial charge < -0.3 is 9.80 Å². The number of carbonyl (C=O) groups excluding carboxylic acids is 2. The van der Waals surface area contributed by atoms with Crippen LogP contribution in [0, 0.1) is 0 Å². The van der Waals surface area contributed by atoms with Gasteiger partial charge in [0.05, 0.1) is 0 Å². The Labute approximate surface area is 163 Å². The standard InChI is InChI=1S/C18H23ClN6O2/c1-3-16(18(27)24-10-4-9-23(11-12-24)13(2)26)25-21-17(20-22-25)14-5-7-15(19)8-6-14/h5-8,16H,3-4,9-12H2,1-2H3. The third-order valence-electron chi connectivity index (χ3n) is 4.73. The van der Waals surface area contributed by atoms with Crippen LogP contribution in [0.3, 0.4) is 0 Å². The van der Waals surface area contributed by atoms with Crippen molar-refractivity contribution in [3.63, 3.8) is 0 Å². The van der Waals surface area contributed by atoms with Crippen LogP contribution in [-0.4, -0.2) is 68.0 Å². The number of aromatic nitrogens is 4. The third kappa shape index (κ3) is 4.44. The van der Waals surface area contributed by atoms with Crippen LogP contribution in [0.4, 0.5) is 0 Å². The van der Waals surface area contributed by atoms with Crippen LogP contribution in [-0.2, 0) is 9.59 Å². The molecule has 2 heterocycles. The normalized spacial score (nSPS) is 16.1. The minimum atomic E-state index is -0.512. The fourth-order valence-electron chi connectivity index (χ4n) is 3.17. The first kappa shape index (κ1) is 19.3. The van der Waals surface area contributed by atoms with Crippen molar-refractivity contribution in [2.24, 2.45) is 0 Å². The fourth-order valence-corrected chi connectivity index (χ4v) is 3.30. The van der Waals surface area contributed by atoms with Crippen LogP contribution in [0.5, 0.6) is 0 Å². The average molecular weight is 391 g/mol. The van der Waals surface area contributed by atoms with Crippen LogP contribution >= 0.6 is 11.6 Å². The van der Waals surface area contributed by atoms with Gasteiger partial charge in [0.15, 0.2) is 6.04 Å². The predicted octanol–water partition coefficient (Wildman–Crippen LogP) is 2.03. The molecule has 1 atom stereocenters. The van der Waals surface area contributed by atoms with E-state index in [-0.39, 0.29) is 11.8 Å². The quantitative estimate of drug-likeness (QED) is 0.797. The van der Waals surface area contributed by atoms with Crippen LogP contribution in [0.2, 0.25) is 5.02 Å². The molecular weight excluding hydrogens is 368 g/mol. The zero-order valence-electron chi connectivity index (χ0n) is 15.5. The van der Waals surface area contributed by atoms with Crippen molar-refractivity contribution in [3.8, 4) is 11.4 Å². The van der Waals surface area contributed by atoms with Gasteiger partial charge in [-0.25, -0.2) is 0 Å². The number of rotatable bonds is 4. The molecular formula is C18H23ClN6O2. The van der Waals surface area contributed by atoms with Crippen LogP contribution in [0.15, 0.2) is 24.3 Å². The molecule has 1 unspecified atom stereocenters. The first-order valence-corrected chi connectivity index (χ1v) is 9.47. The van der Waals surface area contributed by atoms with E-state index in [0.29, 0.717) is 43.4 Å². The molecule has 0 spiro atoms. The summed E-state index contributed by atoms with van der Waals surface area (Å²) in [4.78, 5) is 29.6. The number of halogens is 1. The zero-order valence-corrected chi connectivity index (χ0v) is 16.3. The molecule has 0 N–H and O–H groups in total. The third-order valence-corrected chi connectivity index (χ3v) is 4.99. The van der Waals surface area contributed by atoms with E-state index in [1.807, 2.05) is 19.1 Å². The van der Waals surface area contributed by atoms with Crippen molar-refractivity contribution in [1.82, 2.24) is 30.0 Å². The number of hydrogen-bond acceptors (Lipinski definition) is 5. The fraction of sp³-hybridized carbons (Fsp3) is 0.500. The molecule has 1 saturated heterocycles. The van der Waals surface area contributed by atoms with Gasteiger partial charge in [-0.2, -0.15) is 4.80 Å². The van der Waals surface area contributed by atoms with E-state index in [1.165, 1.54) is 4.80 Å². The average Bonchev–Trinajstić information content (AvgIpc) is 2.99. The lowest BCUT2D eigenvalue weighted by atomic mass is 10.2. The number of benzene rings is 1. The maximum Gasteiger partial charge on any atom is 0.249 e. The Hall–Kier alpha value is -2.48. The first-order valence-electron chi connectivity index (χ1n) is 9.09. The molecule has 1 aliphatic heterocycles. The summed E-state index contributed by atoms with van der Waals surface area (Å²) < 4.78 is 0. The molecule has 8 nitrogen and oxygen atoms in total. The summed E-state index contributed by atoms with van der Waals surface area (Å²) >= 11 is 5.91. The lowest BCUT2D eigenvalue weighted by Crippen LogP contribution is -2.40. The molecule has 27 heavy (non-hydrogen) atoms. The molecule has 1 aromatic carbocycles. The van der Waals surface area contributed by atoms with Gasteiger partial charge in [0.25, 0.3) is 0 Å². The summed E-state index contributed by atoms with van der Waals surface area (Å²) in [6.45, 7) is 5.86. The van der Waals surface area contributed by atoms with Gasteiger partial charge in [-0.15, -0.1) is 10.2 Å². The molecule has 0 bridgehead atoms. The van der Waals surface area contributed by atoms with Crippen molar-refractivity contribution in [1.29, 1.82) is 0 Å². The lowest BCUT2D eigenvalue weighted by molar-refractivity contribution is -0.136. The highest BCUT2D eigenvalue weighted by Gasteiger charge is 2.28. The van der Waals surface area contributed by atoms with Crippen molar-refractivity contribution < 1.29 is 9.59 Å². The molecule has 2 amide bonds. The second-order valence-corrected chi connectivity index (χ2v) is 6.99. The monoisotopic (exact) mass is 390 g/mol. The number of nitrogens with zero attached hydrogens (tertiary/aromatic N) is 6. The van der Waals surface area contributed by atoms with Crippen molar-refractivity contribution >= 4 is 23.4 Å². The van der Waals surface area contributed by atoms with Gasteiger partial charge in [-0.3, -0.25) is 9.59 Å². The molecule has 3 rings (SSSR count). The maximum atomic E-state index is 13.0. The number of hydrogen-bond donors (Lipinski definition) is 0. The van der Waals surface area contributed by atoms with E-state index >= 15 is 0 Å². The van der Waals surface area contributed by atoms with Crippen molar-refractivity contribution in [2.75, 3.05) is 26.2 Å². The summed E-state index contributed by atoms with van der Waals surface area (Å²) in [5.74, 6) is 0.460. The molecule has 2 aromatic rings. The summed E-state index contributed by atoms with van der Waals surface area (Å²) in [7, 11) is 0. The molecule has 1 aliphatic rings. The van der Waals surface area contributed by atoms with Gasteiger partial charge in [-0.05, 0) is 42.3 Å². The van der Waals surface area contributed by atoms with Crippen molar-refractivity contribution in [3.05, 3.63) is 29.3 Å². The van der Waals surface area contributed by atoms with Gasteiger partial charge in [-0.1, -0.05) is 18.5 Å². The van der Waals surface area contributed by atoms with E-state index in [1.54, 1.807) is 28.9 Å². The van der Waals surface area contributed by atoms with Crippen molar-refractivity contribution in [2.45, 2.75) is 32.7 Å². The van der Waals surface area contributed by atoms with E-state index in [2.05, 4.69) is 15.4 Å². The smallest absolute Gasteiger partial charge is 0.249 e. The largest absolute Gasteiger partial charge is 0.341 e. The van der Waals surface area contributed by atoms with E-state index in [4.69, 9.17) is 11.6 Å². The Bertz CT molecular complexity index is 806. The Morgan fingerprint density at radius 1 is 1.11 bits per heavy atom. The van der Waals surface area contributed by atoms with E-state index < -0.39 is 6.04 Å². The van der Waals surface area contributed by atoms with E-state index in [9.17, 15) is 9.59 Å². The maximum absolute atomic E-state index is 13.0. The molecule has 0 radical (unpaired) electrons. The highest BCUT2D eigenvalue weighted by molar-refractivity contribution is 6.30. The lowest BCUT2D eigenvalue weighted by Gasteiger charge is -2.25. The molecule has 9 heteroatoms. The second kappa shape index (κ2) is 8.47. The van der Waals surface area contributed by atoms with Gasteiger partial charge >= 0.3 is 0 Å². The number of amides is 2. The summed E-state index contributed by atoms with van der Waals surface area (Å²) in [6.07, 6.45) is 1.32. The Morgan fingerprint density at radius 2 is 1.78 bits per heavy atom. The Morgan fingerprint density at radius 3 is 2.44 bits per heavy atom. The Balaban J connectivity index is 1.73. The van der Waals surface area contributed by atoms with Crippen LogP contribution in [0.25, 0.3) is 11.4 Å². The molecule has 144 valence electrons. The van der Waals surface area contributed by atoms with Gasteiger partial charge in [0, 0.05) is 43.7 Å². The van der Waals surface area contributed by atoms with Crippen LogP contribution < -0.4 is 0 Å². The van der Waals surface area contributed by atoms with Gasteiger partial charge in [0.1, 0.15) is 0 Å². The number of carbonyl (C=O) groups is 2. The van der Waals surface area contributed by atoms with Gasteiger partial charge in [0.2, 0.25) is 17.6 Å². The predicted molar refractivity (Wildman–Crippen MR) is 101 cm³/mol. The highest BCUT2D eigenvalue weighted by Crippen LogP contribution is 2.20. The highest BCUT2D eigenvalue weighted by atomic mass is 35.5. The van der Waals surface area contributed by atoms with E-state index in [0.717, 1.165) is 12.0 Å². The SMILES string of the molecule is CCC(C(=O)N1CCCN(C(C)=O)CC1)n1nnc(-c2ccc(Cl)cc2)n1. The van der Waals surface area contributed by atoms with Crippen LogP contribution in [0.1, 0.15) is 32.7 Å². The summed E-state index contributed by atoms with van der Waals surface area (Å²) in [5.41, 5.74) is 0.792. The minimum Gasteiger partial charge on any atom is -0.341 e. The first-order chi connectivity index (χ1) is 13.0. The topological polar surface area (TPSA) is 84.2 Å². The minimum absolute atomic E-state index is 0.0389. The zero-order chi connectivity index (χ0) is 19.4. The summed E-state index contributed by atoms with van der Waals surface area (Å²) in [5, 5.41) is 13.2. The molecule has 1 aromatic heterocycles. The number of tetrazole rings is 1. The molecule has 0 saturated carbocycles. The second-order valence-electron chi connectivity index (χ2n) is 6.55. The molecule has 0 aliphatic carbocycles. The molecule has 1 fully saturated rings.